The number of aromatic nitrogens is 1. The molecule has 0 saturated carbocycles. The molecule has 4 rings (SSSR count). The smallest absolute Gasteiger partial charge is 0.336 e. The number of nitrogens with zero attached hydrogens (tertiary/aromatic N) is 2. The van der Waals surface area contributed by atoms with Crippen molar-refractivity contribution in [2.75, 3.05) is 6.54 Å². The summed E-state index contributed by atoms with van der Waals surface area (Å²) in [6, 6.07) is 21.8. The summed E-state index contributed by atoms with van der Waals surface area (Å²) in [5.74, 6) is -0.898. The van der Waals surface area contributed by atoms with Crippen molar-refractivity contribution in [3.63, 3.8) is 0 Å². The number of hydrogen-bond donors (Lipinski definition) is 1. The maximum Gasteiger partial charge on any atom is 0.336 e. The van der Waals surface area contributed by atoms with Crippen molar-refractivity contribution in [1.82, 2.24) is 9.88 Å². The molecule has 1 saturated heterocycles. The Hall–Kier alpha value is -2.98. The van der Waals surface area contributed by atoms with Crippen molar-refractivity contribution >= 4 is 5.97 Å². The Balaban J connectivity index is 1.53. The van der Waals surface area contributed by atoms with Gasteiger partial charge in [0.2, 0.25) is 0 Å². The summed E-state index contributed by atoms with van der Waals surface area (Å²) in [5.41, 5.74) is 4.39. The van der Waals surface area contributed by atoms with Crippen LogP contribution in [0.5, 0.6) is 0 Å². The molecule has 4 heteroatoms. The van der Waals surface area contributed by atoms with Crippen LogP contribution < -0.4 is 0 Å². The predicted octanol–water partition coefficient (Wildman–Crippen LogP) is 4.78. The lowest BCUT2D eigenvalue weighted by Crippen LogP contribution is -2.23. The molecular formula is C23H22N2O2. The summed E-state index contributed by atoms with van der Waals surface area (Å²) >= 11 is 0. The fraction of sp³-hybridized carbons (Fsp3) is 0.217. The van der Waals surface area contributed by atoms with Crippen LogP contribution in [0.4, 0.5) is 0 Å². The van der Waals surface area contributed by atoms with Crippen molar-refractivity contribution < 1.29 is 9.90 Å². The number of rotatable bonds is 5. The molecule has 0 amide bonds. The van der Waals surface area contributed by atoms with Crippen LogP contribution in [-0.2, 0) is 6.54 Å². The molecule has 2 aromatic carbocycles. The highest BCUT2D eigenvalue weighted by Gasteiger charge is 2.26. The van der Waals surface area contributed by atoms with Crippen LogP contribution in [0.3, 0.4) is 0 Å². The van der Waals surface area contributed by atoms with E-state index in [0.29, 0.717) is 11.6 Å². The zero-order valence-electron chi connectivity index (χ0n) is 15.1. The summed E-state index contributed by atoms with van der Waals surface area (Å²) in [5, 5.41) is 9.40. The molecule has 0 unspecified atom stereocenters. The van der Waals surface area contributed by atoms with Gasteiger partial charge in [-0.05, 0) is 54.3 Å². The quantitative estimate of drug-likeness (QED) is 0.713. The second-order valence-corrected chi connectivity index (χ2v) is 6.93. The Bertz CT molecular complexity index is 923. The maximum absolute atomic E-state index is 11.5. The van der Waals surface area contributed by atoms with Crippen LogP contribution >= 0.6 is 0 Å². The molecule has 2 heterocycles. The summed E-state index contributed by atoms with van der Waals surface area (Å²) in [7, 11) is 0. The van der Waals surface area contributed by atoms with E-state index in [0.717, 1.165) is 36.3 Å². The van der Waals surface area contributed by atoms with Gasteiger partial charge in [-0.15, -0.1) is 0 Å². The van der Waals surface area contributed by atoms with Gasteiger partial charge < -0.3 is 5.11 Å². The van der Waals surface area contributed by atoms with Crippen LogP contribution in [0.1, 0.15) is 40.5 Å². The standard InChI is InChI=1S/C23H22N2O2/c26-23(27)20-7-2-1-6-19(20)18-12-10-17(11-13-18)16-25-15-5-9-22(25)21-8-3-4-14-24-21/h1-4,6-8,10-14,22H,5,9,15-16H2,(H,26,27)/t22-/m0/s1. The van der Waals surface area contributed by atoms with E-state index in [4.69, 9.17) is 0 Å². The molecule has 136 valence electrons. The lowest BCUT2D eigenvalue weighted by atomic mass is 9.98. The Labute approximate surface area is 159 Å². The van der Waals surface area contributed by atoms with Crippen molar-refractivity contribution in [3.05, 3.63) is 89.7 Å². The zero-order chi connectivity index (χ0) is 18.6. The first-order valence-electron chi connectivity index (χ1n) is 9.29. The maximum atomic E-state index is 11.5. The van der Waals surface area contributed by atoms with Crippen LogP contribution in [0.25, 0.3) is 11.1 Å². The van der Waals surface area contributed by atoms with Gasteiger partial charge >= 0.3 is 5.97 Å². The zero-order valence-corrected chi connectivity index (χ0v) is 15.1. The first kappa shape index (κ1) is 17.4. The highest BCUT2D eigenvalue weighted by molar-refractivity contribution is 5.95. The minimum Gasteiger partial charge on any atom is -0.478 e. The van der Waals surface area contributed by atoms with Crippen molar-refractivity contribution in [2.24, 2.45) is 0 Å². The number of carbonyl (C=O) groups is 1. The summed E-state index contributed by atoms with van der Waals surface area (Å²) in [6.07, 6.45) is 4.19. The Morgan fingerprint density at radius 1 is 1.04 bits per heavy atom. The van der Waals surface area contributed by atoms with Gasteiger partial charge in [0.25, 0.3) is 0 Å². The van der Waals surface area contributed by atoms with Crippen molar-refractivity contribution in [2.45, 2.75) is 25.4 Å². The van der Waals surface area contributed by atoms with Crippen LogP contribution in [-0.4, -0.2) is 27.5 Å². The minimum absolute atomic E-state index is 0.333. The van der Waals surface area contributed by atoms with Crippen LogP contribution in [0, 0.1) is 0 Å². The van der Waals surface area contributed by atoms with E-state index in [1.54, 1.807) is 12.1 Å². The van der Waals surface area contributed by atoms with E-state index in [-0.39, 0.29) is 0 Å². The Kier molecular flexibility index (Phi) is 4.99. The lowest BCUT2D eigenvalue weighted by molar-refractivity contribution is 0.0697. The van der Waals surface area contributed by atoms with Gasteiger partial charge in [-0.25, -0.2) is 4.79 Å². The number of hydrogen-bond acceptors (Lipinski definition) is 3. The molecule has 0 radical (unpaired) electrons. The van der Waals surface area contributed by atoms with E-state index >= 15 is 0 Å². The Morgan fingerprint density at radius 3 is 2.56 bits per heavy atom. The number of aromatic carboxylic acids is 1. The van der Waals surface area contributed by atoms with Crippen LogP contribution in [0.2, 0.25) is 0 Å². The van der Waals surface area contributed by atoms with E-state index in [1.807, 2.05) is 42.6 Å². The number of pyridine rings is 1. The predicted molar refractivity (Wildman–Crippen MR) is 105 cm³/mol. The van der Waals surface area contributed by atoms with Gasteiger partial charge in [0.05, 0.1) is 17.3 Å². The molecule has 0 bridgehead atoms. The summed E-state index contributed by atoms with van der Waals surface area (Å²) < 4.78 is 0. The van der Waals surface area contributed by atoms with Gasteiger partial charge in [-0.1, -0.05) is 48.5 Å². The summed E-state index contributed by atoms with van der Waals surface area (Å²) in [6.45, 7) is 1.95. The van der Waals surface area contributed by atoms with E-state index in [2.05, 4.69) is 28.1 Å². The molecule has 1 aromatic heterocycles. The molecule has 4 nitrogen and oxygen atoms in total. The van der Waals surface area contributed by atoms with Crippen molar-refractivity contribution in [1.29, 1.82) is 0 Å². The first-order valence-corrected chi connectivity index (χ1v) is 9.29. The molecular weight excluding hydrogens is 336 g/mol. The third-order valence-corrected chi connectivity index (χ3v) is 5.20. The first-order chi connectivity index (χ1) is 13.2. The van der Waals surface area contributed by atoms with Gasteiger partial charge in [0, 0.05) is 12.7 Å². The van der Waals surface area contributed by atoms with E-state index in [1.165, 1.54) is 12.0 Å². The number of likely N-dealkylation sites (tertiary alicyclic amines) is 1. The molecule has 0 aliphatic carbocycles. The topological polar surface area (TPSA) is 53.4 Å². The third kappa shape index (κ3) is 3.76. The van der Waals surface area contributed by atoms with E-state index in [9.17, 15) is 9.90 Å². The van der Waals surface area contributed by atoms with E-state index < -0.39 is 5.97 Å². The lowest BCUT2D eigenvalue weighted by Gasteiger charge is -2.24. The highest BCUT2D eigenvalue weighted by Crippen LogP contribution is 2.32. The second-order valence-electron chi connectivity index (χ2n) is 6.93. The fourth-order valence-corrected chi connectivity index (χ4v) is 3.87. The van der Waals surface area contributed by atoms with Gasteiger partial charge in [0.15, 0.2) is 0 Å². The Morgan fingerprint density at radius 2 is 1.81 bits per heavy atom. The highest BCUT2D eigenvalue weighted by atomic mass is 16.4. The van der Waals surface area contributed by atoms with Gasteiger partial charge in [-0.3, -0.25) is 9.88 Å². The number of benzene rings is 2. The number of carboxylic acids is 1. The van der Waals surface area contributed by atoms with Crippen molar-refractivity contribution in [3.8, 4) is 11.1 Å². The SMILES string of the molecule is O=C(O)c1ccccc1-c1ccc(CN2CCC[C@H]2c2ccccn2)cc1. The average Bonchev–Trinajstić information content (AvgIpc) is 3.17. The molecule has 27 heavy (non-hydrogen) atoms. The molecule has 1 fully saturated rings. The monoisotopic (exact) mass is 358 g/mol. The normalized spacial score (nSPS) is 17.1. The van der Waals surface area contributed by atoms with Crippen LogP contribution in [0.15, 0.2) is 72.9 Å². The average molecular weight is 358 g/mol. The second kappa shape index (κ2) is 7.72. The summed E-state index contributed by atoms with van der Waals surface area (Å²) in [4.78, 5) is 18.5. The molecule has 3 aromatic rings. The molecule has 1 aliphatic rings. The number of carboxylic acid groups (broad SMARTS) is 1. The molecule has 1 atom stereocenters. The van der Waals surface area contributed by atoms with Gasteiger partial charge in [-0.2, -0.15) is 0 Å². The molecule has 1 aliphatic heterocycles. The largest absolute Gasteiger partial charge is 0.478 e. The molecule has 0 spiro atoms. The molecule has 1 N–H and O–H groups in total. The fourth-order valence-electron chi connectivity index (χ4n) is 3.87. The minimum atomic E-state index is -0.898. The third-order valence-electron chi connectivity index (χ3n) is 5.20. The van der Waals surface area contributed by atoms with Gasteiger partial charge in [0.1, 0.15) is 0 Å².